The van der Waals surface area contributed by atoms with Crippen molar-refractivity contribution < 1.29 is 0 Å². The fraction of sp³-hybridized carbons (Fsp3) is 0.938. The van der Waals surface area contributed by atoms with Crippen LogP contribution >= 0.6 is 0 Å². The Balaban J connectivity index is 4.60. The van der Waals surface area contributed by atoms with Crippen LogP contribution in [0.4, 0.5) is 0 Å². The van der Waals surface area contributed by atoms with Gasteiger partial charge in [0.2, 0.25) is 0 Å². The SMILES string of the molecule is CCCC([CH]C(CC)C(C)(C)C)C(C)(C)C. The van der Waals surface area contributed by atoms with Crippen LogP contribution in [0.2, 0.25) is 0 Å². The molecule has 0 nitrogen and oxygen atoms in total. The van der Waals surface area contributed by atoms with E-state index in [1.807, 2.05) is 0 Å². The molecule has 2 unspecified atom stereocenters. The molecule has 0 bridgehead atoms. The van der Waals surface area contributed by atoms with Gasteiger partial charge < -0.3 is 0 Å². The Kier molecular flexibility index (Phi) is 6.07. The van der Waals surface area contributed by atoms with Gasteiger partial charge in [-0.05, 0) is 35.5 Å². The molecule has 0 rings (SSSR count). The van der Waals surface area contributed by atoms with Crippen LogP contribution < -0.4 is 0 Å². The van der Waals surface area contributed by atoms with Gasteiger partial charge in [0, 0.05) is 0 Å². The van der Waals surface area contributed by atoms with Crippen molar-refractivity contribution in [1.29, 1.82) is 0 Å². The first-order valence-electron chi connectivity index (χ1n) is 6.97. The molecule has 0 aromatic heterocycles. The topological polar surface area (TPSA) is 0 Å². The Morgan fingerprint density at radius 3 is 1.50 bits per heavy atom. The van der Waals surface area contributed by atoms with E-state index in [0.29, 0.717) is 10.8 Å². The van der Waals surface area contributed by atoms with E-state index in [9.17, 15) is 0 Å². The van der Waals surface area contributed by atoms with E-state index in [1.165, 1.54) is 19.3 Å². The van der Waals surface area contributed by atoms with Crippen LogP contribution in [0.3, 0.4) is 0 Å². The molecular formula is C16H33. The number of hydrogen-bond donors (Lipinski definition) is 0. The third kappa shape index (κ3) is 5.37. The lowest BCUT2D eigenvalue weighted by atomic mass is 9.67. The predicted octanol–water partition coefficient (Wildman–Crippen LogP) is 5.73. The van der Waals surface area contributed by atoms with Gasteiger partial charge in [0.25, 0.3) is 0 Å². The fourth-order valence-electron chi connectivity index (χ4n) is 2.45. The lowest BCUT2D eigenvalue weighted by molar-refractivity contribution is 0.187. The Morgan fingerprint density at radius 1 is 0.812 bits per heavy atom. The molecule has 16 heavy (non-hydrogen) atoms. The molecule has 2 atom stereocenters. The van der Waals surface area contributed by atoms with Crippen LogP contribution in [-0.2, 0) is 0 Å². The Hall–Kier alpha value is 0. The smallest absolute Gasteiger partial charge is 0.0313 e. The number of rotatable bonds is 5. The Bertz CT molecular complexity index is 177. The third-order valence-electron chi connectivity index (χ3n) is 3.73. The molecule has 0 aliphatic heterocycles. The van der Waals surface area contributed by atoms with E-state index in [0.717, 1.165) is 11.8 Å². The molecule has 0 amide bonds. The lowest BCUT2D eigenvalue weighted by Crippen LogP contribution is -2.29. The molecule has 97 valence electrons. The van der Waals surface area contributed by atoms with Gasteiger partial charge in [-0.15, -0.1) is 0 Å². The average molecular weight is 225 g/mol. The zero-order chi connectivity index (χ0) is 13.0. The molecule has 0 saturated heterocycles. The molecule has 0 aliphatic rings. The second kappa shape index (κ2) is 6.07. The summed E-state index contributed by atoms with van der Waals surface area (Å²) in [6.07, 6.45) is 6.53. The molecule has 0 heteroatoms. The van der Waals surface area contributed by atoms with Gasteiger partial charge in [-0.25, -0.2) is 0 Å². The summed E-state index contributed by atoms with van der Waals surface area (Å²) in [6.45, 7) is 18.8. The average Bonchev–Trinajstić information content (AvgIpc) is 2.07. The standard InChI is InChI=1S/C16H33/c1-9-11-14(16(6,7)8)12-13(10-2)15(3,4)5/h12-14H,9-11H2,1-8H3. The molecule has 0 heterocycles. The van der Waals surface area contributed by atoms with Gasteiger partial charge in [0.1, 0.15) is 0 Å². The Morgan fingerprint density at radius 2 is 1.25 bits per heavy atom. The van der Waals surface area contributed by atoms with E-state index >= 15 is 0 Å². The van der Waals surface area contributed by atoms with E-state index in [4.69, 9.17) is 0 Å². The van der Waals surface area contributed by atoms with Crippen LogP contribution in [-0.4, -0.2) is 0 Å². The quantitative estimate of drug-likeness (QED) is 0.561. The maximum atomic E-state index is 2.64. The molecule has 1 radical (unpaired) electrons. The van der Waals surface area contributed by atoms with Crippen molar-refractivity contribution in [3.63, 3.8) is 0 Å². The largest absolute Gasteiger partial charge is 0.0654 e. The number of hydrogen-bond acceptors (Lipinski definition) is 0. The highest BCUT2D eigenvalue weighted by Gasteiger charge is 2.31. The first-order valence-corrected chi connectivity index (χ1v) is 6.97. The van der Waals surface area contributed by atoms with Gasteiger partial charge in [0.05, 0.1) is 0 Å². The summed E-state index contributed by atoms with van der Waals surface area (Å²) in [4.78, 5) is 0. The maximum Gasteiger partial charge on any atom is -0.0313 e. The zero-order valence-corrected chi connectivity index (χ0v) is 12.9. The second-order valence-corrected chi connectivity index (χ2v) is 7.33. The molecule has 0 aliphatic carbocycles. The van der Waals surface area contributed by atoms with E-state index in [2.05, 4.69) is 61.8 Å². The van der Waals surface area contributed by atoms with E-state index < -0.39 is 0 Å². The summed E-state index contributed by atoms with van der Waals surface area (Å²) in [6, 6.07) is 0. The van der Waals surface area contributed by atoms with Gasteiger partial charge in [0.15, 0.2) is 0 Å². The van der Waals surface area contributed by atoms with Crippen molar-refractivity contribution in [2.75, 3.05) is 0 Å². The van der Waals surface area contributed by atoms with Crippen molar-refractivity contribution >= 4 is 0 Å². The summed E-state index contributed by atoms with van der Waals surface area (Å²) in [7, 11) is 0. The van der Waals surface area contributed by atoms with Gasteiger partial charge >= 0.3 is 0 Å². The van der Waals surface area contributed by atoms with Crippen molar-refractivity contribution in [2.45, 2.75) is 74.7 Å². The van der Waals surface area contributed by atoms with Crippen LogP contribution in [0.15, 0.2) is 0 Å². The van der Waals surface area contributed by atoms with Crippen molar-refractivity contribution in [2.24, 2.45) is 22.7 Å². The molecule has 0 aromatic rings. The van der Waals surface area contributed by atoms with Crippen LogP contribution in [0, 0.1) is 29.1 Å². The monoisotopic (exact) mass is 225 g/mol. The van der Waals surface area contributed by atoms with Crippen molar-refractivity contribution in [1.82, 2.24) is 0 Å². The minimum atomic E-state index is 0.409. The van der Waals surface area contributed by atoms with Crippen molar-refractivity contribution in [3.8, 4) is 0 Å². The molecule has 0 fully saturated rings. The fourth-order valence-corrected chi connectivity index (χ4v) is 2.45. The third-order valence-corrected chi connectivity index (χ3v) is 3.73. The maximum absolute atomic E-state index is 2.64. The summed E-state index contributed by atoms with van der Waals surface area (Å²) in [5.41, 5.74) is 0.820. The predicted molar refractivity (Wildman–Crippen MR) is 75.4 cm³/mol. The zero-order valence-electron chi connectivity index (χ0n) is 12.9. The highest BCUT2D eigenvalue weighted by Crippen LogP contribution is 2.40. The van der Waals surface area contributed by atoms with Crippen LogP contribution in [0.5, 0.6) is 0 Å². The second-order valence-electron chi connectivity index (χ2n) is 7.33. The van der Waals surface area contributed by atoms with Crippen molar-refractivity contribution in [3.05, 3.63) is 6.42 Å². The van der Waals surface area contributed by atoms with Crippen LogP contribution in [0.25, 0.3) is 0 Å². The van der Waals surface area contributed by atoms with Crippen LogP contribution in [0.1, 0.15) is 74.7 Å². The first kappa shape index (κ1) is 16.0. The minimum absolute atomic E-state index is 0.409. The molecular weight excluding hydrogens is 192 g/mol. The summed E-state index contributed by atoms with van der Waals surface area (Å²) >= 11 is 0. The van der Waals surface area contributed by atoms with Gasteiger partial charge in [-0.3, -0.25) is 0 Å². The lowest BCUT2D eigenvalue weighted by Gasteiger charge is -2.38. The molecule has 0 saturated carbocycles. The molecule has 0 N–H and O–H groups in total. The summed E-state index contributed by atoms with van der Waals surface area (Å²) in [5, 5.41) is 0. The van der Waals surface area contributed by atoms with Gasteiger partial charge in [-0.2, -0.15) is 0 Å². The van der Waals surface area contributed by atoms with Gasteiger partial charge in [-0.1, -0.05) is 68.2 Å². The Labute approximate surface area is 104 Å². The summed E-state index contributed by atoms with van der Waals surface area (Å²) in [5.74, 6) is 1.49. The van der Waals surface area contributed by atoms with E-state index in [-0.39, 0.29) is 0 Å². The first-order chi connectivity index (χ1) is 7.12. The summed E-state index contributed by atoms with van der Waals surface area (Å²) < 4.78 is 0. The molecule has 0 spiro atoms. The minimum Gasteiger partial charge on any atom is -0.0654 e. The van der Waals surface area contributed by atoms with E-state index in [1.54, 1.807) is 0 Å². The highest BCUT2D eigenvalue weighted by atomic mass is 14.4. The molecule has 0 aromatic carbocycles. The highest BCUT2D eigenvalue weighted by molar-refractivity contribution is 4.93. The normalized spacial score (nSPS) is 17.2.